The molecule has 26 heavy (non-hydrogen) atoms. The molecule has 0 aromatic heterocycles. The van der Waals surface area contributed by atoms with E-state index < -0.39 is 5.72 Å². The van der Waals surface area contributed by atoms with Crippen molar-refractivity contribution in [2.45, 2.75) is 19.6 Å². The van der Waals surface area contributed by atoms with Gasteiger partial charge in [0.1, 0.15) is 11.5 Å². The number of carbonyl (C=O) groups is 1. The van der Waals surface area contributed by atoms with Gasteiger partial charge in [0.05, 0.1) is 19.8 Å². The molecule has 3 rings (SSSR count). The van der Waals surface area contributed by atoms with Gasteiger partial charge in [0.2, 0.25) is 17.5 Å². The van der Waals surface area contributed by atoms with Crippen molar-refractivity contribution >= 4 is 27.7 Å². The summed E-state index contributed by atoms with van der Waals surface area (Å²) in [6.45, 7) is 3.23. The van der Waals surface area contributed by atoms with E-state index in [1.54, 1.807) is 33.3 Å². The summed E-state index contributed by atoms with van der Waals surface area (Å²) in [6.07, 6.45) is 0. The summed E-state index contributed by atoms with van der Waals surface area (Å²) in [7, 11) is 3.14. The van der Waals surface area contributed by atoms with E-state index in [1.165, 1.54) is 11.9 Å². The standard InChI is InChI=1S/C19H19BrN2O4/c1-12(23)22-19(2,16-9-8-15(24-3)11-17(16)25-4)26-18(21-22)13-6-5-7-14(20)10-13/h5-11H,1-4H3/t19-/m0/s1. The quantitative estimate of drug-likeness (QED) is 0.755. The van der Waals surface area contributed by atoms with E-state index in [1.807, 2.05) is 30.3 Å². The van der Waals surface area contributed by atoms with Gasteiger partial charge in [-0.25, -0.2) is 0 Å². The second-order valence-corrected chi connectivity index (χ2v) is 6.81. The van der Waals surface area contributed by atoms with Crippen LogP contribution in [0, 0.1) is 0 Å². The maximum atomic E-state index is 12.3. The average Bonchev–Trinajstić information content (AvgIpc) is 3.00. The number of ether oxygens (including phenoxy) is 3. The zero-order valence-corrected chi connectivity index (χ0v) is 16.5. The van der Waals surface area contributed by atoms with Crippen molar-refractivity contribution in [2.24, 2.45) is 5.10 Å². The zero-order chi connectivity index (χ0) is 18.9. The van der Waals surface area contributed by atoms with E-state index in [0.717, 1.165) is 10.0 Å². The molecular weight excluding hydrogens is 400 g/mol. The van der Waals surface area contributed by atoms with Gasteiger partial charge >= 0.3 is 0 Å². The van der Waals surface area contributed by atoms with Gasteiger partial charge in [-0.3, -0.25) is 4.79 Å². The Morgan fingerprint density at radius 2 is 1.96 bits per heavy atom. The normalized spacial score (nSPS) is 19.0. The summed E-state index contributed by atoms with van der Waals surface area (Å²) in [5.41, 5.74) is 0.299. The van der Waals surface area contributed by atoms with E-state index in [4.69, 9.17) is 14.2 Å². The molecule has 1 atom stereocenters. The van der Waals surface area contributed by atoms with Crippen molar-refractivity contribution < 1.29 is 19.0 Å². The molecule has 1 aliphatic heterocycles. The lowest BCUT2D eigenvalue weighted by molar-refractivity contribution is -0.146. The maximum Gasteiger partial charge on any atom is 0.243 e. The van der Waals surface area contributed by atoms with Gasteiger partial charge in [0.15, 0.2) is 0 Å². The second-order valence-electron chi connectivity index (χ2n) is 5.90. The number of nitrogens with zero attached hydrogens (tertiary/aromatic N) is 2. The molecule has 0 saturated heterocycles. The van der Waals surface area contributed by atoms with E-state index in [9.17, 15) is 4.79 Å². The number of amides is 1. The number of rotatable bonds is 4. The number of halogens is 1. The molecule has 1 amide bonds. The van der Waals surface area contributed by atoms with Crippen LogP contribution in [-0.2, 0) is 15.3 Å². The summed E-state index contributed by atoms with van der Waals surface area (Å²) in [4.78, 5) is 12.3. The highest BCUT2D eigenvalue weighted by molar-refractivity contribution is 9.10. The third-order valence-electron chi connectivity index (χ3n) is 4.17. The lowest BCUT2D eigenvalue weighted by atomic mass is 10.0. The molecule has 7 heteroatoms. The fraction of sp³-hybridized carbons (Fsp3) is 0.263. The van der Waals surface area contributed by atoms with Gasteiger partial charge in [0.25, 0.3) is 0 Å². The van der Waals surface area contributed by atoms with Crippen LogP contribution >= 0.6 is 15.9 Å². The topological polar surface area (TPSA) is 60.4 Å². The van der Waals surface area contributed by atoms with Crippen molar-refractivity contribution in [3.63, 3.8) is 0 Å². The molecule has 0 N–H and O–H groups in total. The van der Waals surface area contributed by atoms with Crippen LogP contribution in [0.1, 0.15) is 25.0 Å². The molecule has 0 bridgehead atoms. The lowest BCUT2D eigenvalue weighted by Gasteiger charge is -2.32. The number of benzene rings is 2. The molecule has 0 saturated carbocycles. The van der Waals surface area contributed by atoms with Gasteiger partial charge in [-0.05, 0) is 30.3 Å². The Labute approximate surface area is 160 Å². The first kappa shape index (κ1) is 18.3. The number of methoxy groups -OCH3 is 2. The first-order valence-electron chi connectivity index (χ1n) is 7.96. The van der Waals surface area contributed by atoms with Gasteiger partial charge in [0, 0.05) is 30.0 Å². The average molecular weight is 419 g/mol. The zero-order valence-electron chi connectivity index (χ0n) is 14.9. The Morgan fingerprint density at radius 3 is 2.58 bits per heavy atom. The van der Waals surface area contributed by atoms with Crippen molar-refractivity contribution in [3.05, 3.63) is 58.1 Å². The summed E-state index contributed by atoms with van der Waals surface area (Å²) in [5.74, 6) is 1.32. The van der Waals surface area contributed by atoms with Gasteiger partial charge in [-0.1, -0.05) is 22.0 Å². The monoisotopic (exact) mass is 418 g/mol. The van der Waals surface area contributed by atoms with Gasteiger partial charge < -0.3 is 14.2 Å². The van der Waals surface area contributed by atoms with Gasteiger partial charge in [-0.15, -0.1) is 5.10 Å². The number of carbonyl (C=O) groups excluding carboxylic acids is 1. The minimum absolute atomic E-state index is 0.240. The highest BCUT2D eigenvalue weighted by Gasteiger charge is 2.46. The molecule has 1 heterocycles. The van der Waals surface area contributed by atoms with Crippen molar-refractivity contribution in [3.8, 4) is 11.5 Å². The summed E-state index contributed by atoms with van der Waals surface area (Å²) >= 11 is 3.44. The maximum absolute atomic E-state index is 12.3. The Balaban J connectivity index is 2.08. The molecule has 136 valence electrons. The molecule has 0 fully saturated rings. The molecule has 0 radical (unpaired) electrons. The first-order chi connectivity index (χ1) is 12.4. The molecule has 0 aliphatic carbocycles. The summed E-state index contributed by atoms with van der Waals surface area (Å²) in [5, 5.41) is 5.74. The van der Waals surface area contributed by atoms with Crippen molar-refractivity contribution in [1.82, 2.24) is 5.01 Å². The molecule has 1 aliphatic rings. The smallest absolute Gasteiger partial charge is 0.243 e. The molecule has 6 nitrogen and oxygen atoms in total. The SMILES string of the molecule is COc1ccc([C@]2(C)OC(c3cccc(Br)c3)=NN2C(C)=O)c(OC)c1. The van der Waals surface area contributed by atoms with Crippen LogP contribution in [0.2, 0.25) is 0 Å². The van der Waals surface area contributed by atoms with Crippen LogP contribution in [-0.4, -0.2) is 31.0 Å². The van der Waals surface area contributed by atoms with E-state index in [2.05, 4.69) is 21.0 Å². The summed E-state index contributed by atoms with van der Waals surface area (Å²) in [6, 6.07) is 12.9. The van der Waals surface area contributed by atoms with Crippen LogP contribution in [0.4, 0.5) is 0 Å². The predicted molar refractivity (Wildman–Crippen MR) is 101 cm³/mol. The highest BCUT2D eigenvalue weighted by Crippen LogP contribution is 2.42. The summed E-state index contributed by atoms with van der Waals surface area (Å²) < 4.78 is 17.8. The van der Waals surface area contributed by atoms with Crippen LogP contribution in [0.25, 0.3) is 0 Å². The molecule has 0 unspecified atom stereocenters. The molecular formula is C19H19BrN2O4. The minimum atomic E-state index is -1.14. The van der Waals surface area contributed by atoms with Crippen LogP contribution < -0.4 is 9.47 Å². The third kappa shape index (κ3) is 3.14. The van der Waals surface area contributed by atoms with Crippen molar-refractivity contribution in [1.29, 1.82) is 0 Å². The Bertz CT molecular complexity index is 884. The Hall–Kier alpha value is -2.54. The van der Waals surface area contributed by atoms with Crippen LogP contribution in [0.15, 0.2) is 52.0 Å². The Morgan fingerprint density at radius 1 is 1.19 bits per heavy atom. The number of hydrogen-bond donors (Lipinski definition) is 0. The number of hydrazone groups is 1. The largest absolute Gasteiger partial charge is 0.497 e. The van der Waals surface area contributed by atoms with Crippen LogP contribution in [0.3, 0.4) is 0 Å². The molecule has 0 spiro atoms. The van der Waals surface area contributed by atoms with Gasteiger partial charge in [-0.2, -0.15) is 5.01 Å². The second kappa shape index (κ2) is 6.99. The van der Waals surface area contributed by atoms with Crippen LogP contribution in [0.5, 0.6) is 11.5 Å². The van der Waals surface area contributed by atoms with Crippen molar-refractivity contribution in [2.75, 3.05) is 14.2 Å². The Kier molecular flexibility index (Phi) is 4.91. The number of hydrogen-bond acceptors (Lipinski definition) is 5. The van der Waals surface area contributed by atoms with E-state index >= 15 is 0 Å². The molecule has 2 aromatic rings. The fourth-order valence-corrected chi connectivity index (χ4v) is 3.30. The van der Waals surface area contributed by atoms with E-state index in [0.29, 0.717) is 23.0 Å². The van der Waals surface area contributed by atoms with E-state index in [-0.39, 0.29) is 5.91 Å². The highest BCUT2D eigenvalue weighted by atomic mass is 79.9. The lowest BCUT2D eigenvalue weighted by Crippen LogP contribution is -2.41. The first-order valence-corrected chi connectivity index (χ1v) is 8.75. The molecule has 2 aromatic carbocycles. The minimum Gasteiger partial charge on any atom is -0.497 e. The third-order valence-corrected chi connectivity index (χ3v) is 4.66. The predicted octanol–water partition coefficient (Wildman–Crippen LogP) is 3.88. The fourth-order valence-electron chi connectivity index (χ4n) is 2.90.